The molecule has 0 radical (unpaired) electrons. The number of nitrogens with zero attached hydrogens (tertiary/aromatic N) is 3. The molecule has 0 fully saturated rings. The van der Waals surface area contributed by atoms with Gasteiger partial charge < -0.3 is 9.84 Å². The summed E-state index contributed by atoms with van der Waals surface area (Å²) < 4.78 is 5.43. The van der Waals surface area contributed by atoms with Crippen LogP contribution in [0.4, 0.5) is 5.82 Å². The zero-order valence-corrected chi connectivity index (χ0v) is 10.8. The van der Waals surface area contributed by atoms with Crippen LogP contribution < -0.4 is 5.32 Å². The minimum atomic E-state index is 0.676. The van der Waals surface area contributed by atoms with Gasteiger partial charge in [-0.15, -0.1) is 10.2 Å². The van der Waals surface area contributed by atoms with Crippen LogP contribution in [-0.2, 0) is 0 Å². The van der Waals surface area contributed by atoms with Crippen LogP contribution in [0.3, 0.4) is 0 Å². The van der Waals surface area contributed by atoms with Crippen molar-refractivity contribution in [3.63, 3.8) is 0 Å². The molecule has 0 aliphatic heterocycles. The molecule has 96 valence electrons. The van der Waals surface area contributed by atoms with E-state index in [1.54, 1.807) is 0 Å². The fourth-order valence-corrected chi connectivity index (χ4v) is 2.08. The summed E-state index contributed by atoms with van der Waals surface area (Å²) in [5, 5.41) is 16.6. The first kappa shape index (κ1) is 11.6. The van der Waals surface area contributed by atoms with Gasteiger partial charge in [0.1, 0.15) is 5.69 Å². The minimum absolute atomic E-state index is 0.676. The van der Waals surface area contributed by atoms with E-state index in [1.807, 2.05) is 44.2 Å². The molecule has 1 N–H and O–H groups in total. The van der Waals surface area contributed by atoms with Crippen LogP contribution in [0.5, 0.6) is 0 Å². The summed E-state index contributed by atoms with van der Waals surface area (Å²) in [7, 11) is 0. The molecule has 2 aromatic heterocycles. The maximum Gasteiger partial charge on any atom is 0.198 e. The number of anilines is 1. The highest BCUT2D eigenvalue weighted by Crippen LogP contribution is 2.31. The van der Waals surface area contributed by atoms with E-state index >= 15 is 0 Å². The van der Waals surface area contributed by atoms with Crippen molar-refractivity contribution < 1.29 is 4.52 Å². The van der Waals surface area contributed by atoms with Crippen molar-refractivity contribution in [1.29, 1.82) is 0 Å². The van der Waals surface area contributed by atoms with Crippen molar-refractivity contribution in [3.05, 3.63) is 36.0 Å². The van der Waals surface area contributed by atoms with Crippen LogP contribution in [-0.4, -0.2) is 21.9 Å². The second-order valence-corrected chi connectivity index (χ2v) is 4.27. The van der Waals surface area contributed by atoms with Crippen molar-refractivity contribution in [1.82, 2.24) is 15.4 Å². The first-order valence-corrected chi connectivity index (χ1v) is 6.23. The Morgan fingerprint density at radius 3 is 2.68 bits per heavy atom. The number of nitrogens with one attached hydrogen (secondary N) is 1. The average molecular weight is 254 g/mol. The first-order valence-electron chi connectivity index (χ1n) is 6.23. The molecule has 0 aliphatic rings. The predicted octanol–water partition coefficient (Wildman–Crippen LogP) is 3.03. The van der Waals surface area contributed by atoms with Crippen LogP contribution in [0.2, 0.25) is 0 Å². The Morgan fingerprint density at radius 1 is 1.16 bits per heavy atom. The molecule has 0 unspecified atom stereocenters. The molecule has 3 aromatic rings. The van der Waals surface area contributed by atoms with Gasteiger partial charge >= 0.3 is 0 Å². The van der Waals surface area contributed by atoms with Crippen LogP contribution in [0.25, 0.3) is 22.2 Å². The van der Waals surface area contributed by atoms with E-state index in [0.717, 1.165) is 34.7 Å². The maximum absolute atomic E-state index is 5.43. The molecule has 1 aromatic carbocycles. The van der Waals surface area contributed by atoms with Gasteiger partial charge in [-0.05, 0) is 13.8 Å². The van der Waals surface area contributed by atoms with Crippen molar-refractivity contribution in [2.75, 3.05) is 11.9 Å². The Balaban J connectivity index is 2.26. The average Bonchev–Trinajstić information content (AvgIpc) is 2.83. The van der Waals surface area contributed by atoms with Crippen LogP contribution in [0.15, 0.2) is 34.9 Å². The number of hydrogen-bond acceptors (Lipinski definition) is 5. The number of benzene rings is 1. The summed E-state index contributed by atoms with van der Waals surface area (Å²) in [6.07, 6.45) is 0. The van der Waals surface area contributed by atoms with Gasteiger partial charge in [0.05, 0.1) is 11.1 Å². The minimum Gasteiger partial charge on any atom is -0.368 e. The molecular formula is C14H14N4O. The SMILES string of the molecule is CCNc1nnc(-c2ccccc2)c2onc(C)c12. The molecule has 0 aliphatic carbocycles. The van der Waals surface area contributed by atoms with Crippen LogP contribution in [0.1, 0.15) is 12.6 Å². The number of aromatic nitrogens is 3. The topological polar surface area (TPSA) is 63.8 Å². The Morgan fingerprint density at radius 2 is 1.95 bits per heavy atom. The lowest BCUT2D eigenvalue weighted by Gasteiger charge is -2.05. The third kappa shape index (κ3) is 1.93. The predicted molar refractivity (Wildman–Crippen MR) is 73.9 cm³/mol. The van der Waals surface area contributed by atoms with Crippen molar-refractivity contribution in [3.8, 4) is 11.3 Å². The summed E-state index contributed by atoms with van der Waals surface area (Å²) in [6, 6.07) is 9.85. The Bertz CT molecular complexity index is 706. The fraction of sp³-hybridized carbons (Fsp3) is 0.214. The second kappa shape index (κ2) is 4.68. The number of hydrogen-bond donors (Lipinski definition) is 1. The van der Waals surface area contributed by atoms with Gasteiger partial charge in [-0.3, -0.25) is 0 Å². The van der Waals surface area contributed by atoms with Gasteiger partial charge in [0, 0.05) is 12.1 Å². The smallest absolute Gasteiger partial charge is 0.198 e. The lowest BCUT2D eigenvalue weighted by Crippen LogP contribution is -2.02. The van der Waals surface area contributed by atoms with E-state index in [-0.39, 0.29) is 0 Å². The highest BCUT2D eigenvalue weighted by atomic mass is 16.5. The van der Waals surface area contributed by atoms with Gasteiger partial charge in [-0.25, -0.2) is 0 Å². The molecule has 0 amide bonds. The van der Waals surface area contributed by atoms with E-state index in [4.69, 9.17) is 4.52 Å². The Hall–Kier alpha value is -2.43. The van der Waals surface area contributed by atoms with E-state index in [2.05, 4.69) is 20.7 Å². The van der Waals surface area contributed by atoms with Crippen LogP contribution >= 0.6 is 0 Å². The number of fused-ring (bicyclic) bond motifs is 1. The van der Waals surface area contributed by atoms with Crippen LogP contribution in [0, 0.1) is 6.92 Å². The van der Waals surface area contributed by atoms with E-state index < -0.39 is 0 Å². The molecule has 0 atom stereocenters. The summed E-state index contributed by atoms with van der Waals surface area (Å²) in [6.45, 7) is 4.70. The molecule has 2 heterocycles. The summed E-state index contributed by atoms with van der Waals surface area (Å²) in [5.74, 6) is 0.718. The Kier molecular flexibility index (Phi) is 2.87. The molecule has 5 heteroatoms. The molecule has 0 bridgehead atoms. The summed E-state index contributed by atoms with van der Waals surface area (Å²) in [4.78, 5) is 0. The van der Waals surface area contributed by atoms with E-state index in [0.29, 0.717) is 5.58 Å². The number of rotatable bonds is 3. The summed E-state index contributed by atoms with van der Waals surface area (Å²) in [5.41, 5.74) is 3.18. The van der Waals surface area contributed by atoms with E-state index in [9.17, 15) is 0 Å². The van der Waals surface area contributed by atoms with Crippen molar-refractivity contribution in [2.45, 2.75) is 13.8 Å². The van der Waals surface area contributed by atoms with E-state index in [1.165, 1.54) is 0 Å². The zero-order valence-electron chi connectivity index (χ0n) is 10.8. The third-order valence-electron chi connectivity index (χ3n) is 2.96. The maximum atomic E-state index is 5.43. The standard InChI is InChI=1S/C14H14N4O/c1-3-15-14-11-9(2)18-19-13(11)12(16-17-14)10-7-5-4-6-8-10/h4-8H,3H2,1-2H3,(H,15,17). The Labute approximate surface area is 110 Å². The lowest BCUT2D eigenvalue weighted by molar-refractivity contribution is 0.450. The van der Waals surface area contributed by atoms with Crippen molar-refractivity contribution >= 4 is 16.8 Å². The highest BCUT2D eigenvalue weighted by molar-refractivity contribution is 5.97. The lowest BCUT2D eigenvalue weighted by atomic mass is 10.1. The molecular weight excluding hydrogens is 240 g/mol. The fourth-order valence-electron chi connectivity index (χ4n) is 2.08. The monoisotopic (exact) mass is 254 g/mol. The summed E-state index contributed by atoms with van der Waals surface area (Å²) >= 11 is 0. The molecule has 0 saturated carbocycles. The quantitative estimate of drug-likeness (QED) is 0.778. The third-order valence-corrected chi connectivity index (χ3v) is 2.96. The molecule has 19 heavy (non-hydrogen) atoms. The van der Waals surface area contributed by atoms with Gasteiger partial charge in [0.25, 0.3) is 0 Å². The van der Waals surface area contributed by atoms with Gasteiger partial charge in [-0.1, -0.05) is 35.5 Å². The normalized spacial score (nSPS) is 10.8. The number of aryl methyl sites for hydroxylation is 1. The van der Waals surface area contributed by atoms with Gasteiger partial charge in [0.2, 0.25) is 0 Å². The van der Waals surface area contributed by atoms with Gasteiger partial charge in [-0.2, -0.15) is 0 Å². The highest BCUT2D eigenvalue weighted by Gasteiger charge is 2.17. The zero-order chi connectivity index (χ0) is 13.2. The first-order chi connectivity index (χ1) is 9.31. The van der Waals surface area contributed by atoms with Crippen molar-refractivity contribution in [2.24, 2.45) is 0 Å². The molecule has 3 rings (SSSR count). The molecule has 5 nitrogen and oxygen atoms in total. The second-order valence-electron chi connectivity index (χ2n) is 4.27. The largest absolute Gasteiger partial charge is 0.368 e. The van der Waals surface area contributed by atoms with Gasteiger partial charge in [0.15, 0.2) is 11.4 Å². The molecule has 0 spiro atoms. The molecule has 0 saturated heterocycles.